The molecule has 2 N–H and O–H groups in total. The van der Waals surface area contributed by atoms with Gasteiger partial charge < -0.3 is 5.73 Å². The SMILES string of the molecule is CC(=O)C(Cl)(Br)CSCCN=C(N)N(C)C#N. The molecule has 0 aromatic rings. The number of nitrogens with zero attached hydrogens (tertiary/aromatic N) is 3. The molecule has 0 saturated heterocycles. The fourth-order valence-corrected chi connectivity index (χ4v) is 2.23. The smallest absolute Gasteiger partial charge is 0.204 e. The van der Waals surface area contributed by atoms with Crippen LogP contribution in [0, 0.1) is 11.5 Å². The first-order chi connectivity index (χ1) is 7.81. The van der Waals surface area contributed by atoms with Gasteiger partial charge in [-0.3, -0.25) is 14.7 Å². The third-order valence-electron chi connectivity index (χ3n) is 1.80. The number of nitrogens with two attached hydrogens (primary N) is 1. The van der Waals surface area contributed by atoms with Gasteiger partial charge in [-0.2, -0.15) is 17.0 Å². The Morgan fingerprint density at radius 3 is 2.82 bits per heavy atom. The zero-order valence-electron chi connectivity index (χ0n) is 9.61. The van der Waals surface area contributed by atoms with Gasteiger partial charge in [0.2, 0.25) is 5.96 Å². The van der Waals surface area contributed by atoms with E-state index in [2.05, 4.69) is 20.9 Å². The number of hydrogen-bond acceptors (Lipinski definition) is 4. The fourth-order valence-electron chi connectivity index (χ4n) is 0.684. The van der Waals surface area contributed by atoms with Crippen molar-refractivity contribution in [2.24, 2.45) is 10.7 Å². The van der Waals surface area contributed by atoms with Crippen LogP contribution < -0.4 is 5.73 Å². The van der Waals surface area contributed by atoms with Crippen molar-refractivity contribution >= 4 is 51.0 Å². The molecule has 0 aromatic heterocycles. The third kappa shape index (κ3) is 6.76. The van der Waals surface area contributed by atoms with E-state index in [1.165, 1.54) is 30.6 Å². The van der Waals surface area contributed by atoms with Crippen LogP contribution in [0.5, 0.6) is 0 Å². The number of ketones is 1. The second kappa shape index (κ2) is 7.80. The summed E-state index contributed by atoms with van der Waals surface area (Å²) in [6.45, 7) is 1.90. The molecule has 0 aliphatic carbocycles. The highest BCUT2D eigenvalue weighted by Crippen LogP contribution is 2.29. The molecular weight excluding hydrogens is 328 g/mol. The lowest BCUT2D eigenvalue weighted by Gasteiger charge is -2.15. The standard InChI is InChI=1S/C9H14BrClN4OS/c1-7(16)9(10,11)5-17-4-3-14-8(13)15(2)6-12/h3-5H2,1-2H3,(H2,13,14). The summed E-state index contributed by atoms with van der Waals surface area (Å²) in [4.78, 5) is 16.3. The number of halogens is 2. The third-order valence-corrected chi connectivity index (χ3v) is 4.68. The Bertz CT molecular complexity index is 342. The molecule has 0 aliphatic rings. The predicted octanol–water partition coefficient (Wildman–Crippen LogP) is 1.37. The van der Waals surface area contributed by atoms with E-state index in [0.29, 0.717) is 18.1 Å². The van der Waals surface area contributed by atoms with Gasteiger partial charge in [0.15, 0.2) is 15.8 Å². The van der Waals surface area contributed by atoms with Crippen LogP contribution in [0.3, 0.4) is 0 Å². The van der Waals surface area contributed by atoms with Gasteiger partial charge in [-0.1, -0.05) is 27.5 Å². The summed E-state index contributed by atoms with van der Waals surface area (Å²) < 4.78 is -1.00. The summed E-state index contributed by atoms with van der Waals surface area (Å²) in [7, 11) is 1.53. The van der Waals surface area contributed by atoms with Gasteiger partial charge >= 0.3 is 0 Å². The number of thioether (sulfide) groups is 1. The second-order valence-corrected chi connectivity index (χ2v) is 6.77. The molecule has 8 heteroatoms. The number of rotatable bonds is 6. The molecule has 1 unspecified atom stereocenters. The van der Waals surface area contributed by atoms with Crippen molar-refractivity contribution in [2.75, 3.05) is 25.1 Å². The monoisotopic (exact) mass is 340 g/mol. The summed E-state index contributed by atoms with van der Waals surface area (Å²) in [6, 6.07) is 0. The molecule has 0 rings (SSSR count). The van der Waals surface area contributed by atoms with Crippen molar-refractivity contribution in [2.45, 2.75) is 10.7 Å². The molecule has 1 atom stereocenters. The number of nitriles is 1. The molecule has 0 radical (unpaired) electrons. The minimum atomic E-state index is -1.00. The first kappa shape index (κ1) is 16.6. The van der Waals surface area contributed by atoms with Crippen molar-refractivity contribution in [1.29, 1.82) is 5.26 Å². The van der Waals surface area contributed by atoms with Crippen molar-refractivity contribution in [3.05, 3.63) is 0 Å². The Labute approximate surface area is 119 Å². The van der Waals surface area contributed by atoms with Crippen LogP contribution in [0.1, 0.15) is 6.92 Å². The number of alkyl halides is 2. The molecule has 5 nitrogen and oxygen atoms in total. The lowest BCUT2D eigenvalue weighted by molar-refractivity contribution is -0.116. The van der Waals surface area contributed by atoms with Crippen LogP contribution in [0.2, 0.25) is 0 Å². The van der Waals surface area contributed by atoms with E-state index in [1.54, 1.807) is 0 Å². The molecule has 0 amide bonds. The quantitative estimate of drug-likeness (QED) is 0.197. The number of carbonyl (C=O) groups is 1. The zero-order chi connectivity index (χ0) is 13.5. The Balaban J connectivity index is 3.88. The van der Waals surface area contributed by atoms with E-state index in [0.717, 1.165) is 0 Å². The molecule has 96 valence electrons. The average molecular weight is 342 g/mol. The van der Waals surface area contributed by atoms with Gasteiger partial charge in [0, 0.05) is 18.6 Å². The van der Waals surface area contributed by atoms with Crippen LogP contribution in [-0.2, 0) is 4.79 Å². The highest BCUT2D eigenvalue weighted by Gasteiger charge is 2.28. The lowest BCUT2D eigenvalue weighted by Crippen LogP contribution is -2.30. The minimum absolute atomic E-state index is 0.126. The molecule has 0 fully saturated rings. The van der Waals surface area contributed by atoms with Gasteiger partial charge in [0.1, 0.15) is 0 Å². The second-order valence-electron chi connectivity index (χ2n) is 3.21. The molecule has 0 heterocycles. The predicted molar refractivity (Wildman–Crippen MR) is 75.4 cm³/mol. The van der Waals surface area contributed by atoms with Gasteiger partial charge in [0.25, 0.3) is 0 Å². The number of carbonyl (C=O) groups excluding carboxylic acids is 1. The minimum Gasteiger partial charge on any atom is -0.369 e. The highest BCUT2D eigenvalue weighted by molar-refractivity contribution is 9.10. The van der Waals surface area contributed by atoms with Gasteiger partial charge in [-0.25, -0.2) is 0 Å². The molecule has 0 saturated carbocycles. The number of aliphatic imine (C=N–C) groups is 1. The summed E-state index contributed by atoms with van der Waals surface area (Å²) in [5.74, 6) is 1.18. The first-order valence-electron chi connectivity index (χ1n) is 4.71. The maximum Gasteiger partial charge on any atom is 0.204 e. The van der Waals surface area contributed by atoms with Crippen LogP contribution >= 0.6 is 39.3 Å². The van der Waals surface area contributed by atoms with Crippen LogP contribution in [-0.4, -0.2) is 45.5 Å². The maximum absolute atomic E-state index is 11.1. The van der Waals surface area contributed by atoms with Gasteiger partial charge in [-0.15, -0.1) is 0 Å². The molecule has 0 aromatic carbocycles. The van der Waals surface area contributed by atoms with Gasteiger partial charge in [0.05, 0.1) is 6.54 Å². The number of Topliss-reactive ketones (excluding diaryl/α,β-unsaturated/α-hetero) is 1. The lowest BCUT2D eigenvalue weighted by atomic mass is 10.3. The van der Waals surface area contributed by atoms with Crippen molar-refractivity contribution in [3.8, 4) is 6.19 Å². The molecular formula is C9H14BrClN4OS. The molecule has 0 spiro atoms. The number of guanidine groups is 1. The largest absolute Gasteiger partial charge is 0.369 e. The zero-order valence-corrected chi connectivity index (χ0v) is 12.8. The molecule has 0 aliphatic heterocycles. The Morgan fingerprint density at radius 2 is 2.35 bits per heavy atom. The Kier molecular flexibility index (Phi) is 7.59. The Hall–Kier alpha value is -0.450. The van der Waals surface area contributed by atoms with Crippen molar-refractivity contribution in [3.63, 3.8) is 0 Å². The Morgan fingerprint density at radius 1 is 1.76 bits per heavy atom. The summed E-state index contributed by atoms with van der Waals surface area (Å²) in [6.07, 6.45) is 1.84. The topological polar surface area (TPSA) is 82.5 Å². The van der Waals surface area contributed by atoms with E-state index in [1.807, 2.05) is 6.19 Å². The van der Waals surface area contributed by atoms with Crippen LogP contribution in [0.4, 0.5) is 0 Å². The van der Waals surface area contributed by atoms with E-state index < -0.39 is 3.78 Å². The molecule has 0 bridgehead atoms. The summed E-state index contributed by atoms with van der Waals surface area (Å²) in [5.41, 5.74) is 5.50. The van der Waals surface area contributed by atoms with Crippen LogP contribution in [0.15, 0.2) is 4.99 Å². The fraction of sp³-hybridized carbons (Fsp3) is 0.667. The number of hydrogen-bond donors (Lipinski definition) is 1. The molecule has 17 heavy (non-hydrogen) atoms. The highest BCUT2D eigenvalue weighted by atomic mass is 79.9. The van der Waals surface area contributed by atoms with Crippen molar-refractivity contribution in [1.82, 2.24) is 4.90 Å². The normalized spacial score (nSPS) is 14.9. The van der Waals surface area contributed by atoms with Gasteiger partial charge in [-0.05, 0) is 6.92 Å². The van der Waals surface area contributed by atoms with E-state index in [4.69, 9.17) is 22.6 Å². The first-order valence-corrected chi connectivity index (χ1v) is 7.04. The van der Waals surface area contributed by atoms with E-state index >= 15 is 0 Å². The van der Waals surface area contributed by atoms with E-state index in [-0.39, 0.29) is 11.7 Å². The maximum atomic E-state index is 11.1. The summed E-state index contributed by atoms with van der Waals surface area (Å²) >= 11 is 10.6. The van der Waals surface area contributed by atoms with E-state index in [9.17, 15) is 4.79 Å². The van der Waals surface area contributed by atoms with Crippen LogP contribution in [0.25, 0.3) is 0 Å². The summed E-state index contributed by atoms with van der Waals surface area (Å²) in [5, 5.41) is 8.52. The average Bonchev–Trinajstić information content (AvgIpc) is 2.26. The van der Waals surface area contributed by atoms with Crippen molar-refractivity contribution < 1.29 is 4.79 Å².